The Labute approximate surface area is 213 Å². The molecule has 0 aliphatic heterocycles. The molecule has 0 spiro atoms. The molecule has 4 rings (SSSR count). The summed E-state index contributed by atoms with van der Waals surface area (Å²) in [5, 5.41) is 8.10. The van der Waals surface area contributed by atoms with Crippen LogP contribution in [-0.4, -0.2) is 22.8 Å². The van der Waals surface area contributed by atoms with Crippen LogP contribution < -0.4 is 14.8 Å². The summed E-state index contributed by atoms with van der Waals surface area (Å²) in [6.07, 6.45) is 4.80. The number of hydrogen-bond donors (Lipinski definition) is 1. The van der Waals surface area contributed by atoms with Gasteiger partial charge in [-0.15, -0.1) is 0 Å². The molecule has 0 radical (unpaired) electrons. The van der Waals surface area contributed by atoms with Crippen molar-refractivity contribution in [2.45, 2.75) is 13.2 Å². The Kier molecular flexibility index (Phi) is 8.08. The number of halogens is 2. The highest BCUT2D eigenvalue weighted by Gasteiger charge is 2.10. The van der Waals surface area contributed by atoms with Crippen LogP contribution in [0.25, 0.3) is 6.08 Å². The summed E-state index contributed by atoms with van der Waals surface area (Å²) in [5.74, 6) is 1.42. The van der Waals surface area contributed by atoms with Crippen LogP contribution in [0.4, 0.5) is 5.82 Å². The molecule has 0 saturated heterocycles. The van der Waals surface area contributed by atoms with Gasteiger partial charge in [-0.3, -0.25) is 9.48 Å². The highest BCUT2D eigenvalue weighted by atomic mass is 35.5. The van der Waals surface area contributed by atoms with E-state index in [4.69, 9.17) is 32.7 Å². The molecule has 0 atom stereocenters. The van der Waals surface area contributed by atoms with Crippen LogP contribution in [0.2, 0.25) is 10.0 Å². The van der Waals surface area contributed by atoms with E-state index in [2.05, 4.69) is 10.4 Å². The van der Waals surface area contributed by atoms with E-state index in [0.29, 0.717) is 34.8 Å². The lowest BCUT2D eigenvalue weighted by Crippen LogP contribution is -2.09. The second-order valence-electron chi connectivity index (χ2n) is 7.65. The van der Waals surface area contributed by atoms with Gasteiger partial charge < -0.3 is 14.8 Å². The summed E-state index contributed by atoms with van der Waals surface area (Å²) in [5.41, 5.74) is 2.70. The number of aromatic nitrogens is 2. The molecule has 8 heteroatoms. The molecule has 0 saturated carbocycles. The third-order valence-electron chi connectivity index (χ3n) is 5.09. The first-order valence-corrected chi connectivity index (χ1v) is 11.6. The van der Waals surface area contributed by atoms with Gasteiger partial charge in [0.1, 0.15) is 23.1 Å². The van der Waals surface area contributed by atoms with Gasteiger partial charge in [0.2, 0.25) is 5.91 Å². The molecule has 6 nitrogen and oxygen atoms in total. The van der Waals surface area contributed by atoms with Crippen LogP contribution >= 0.6 is 23.2 Å². The van der Waals surface area contributed by atoms with Crippen LogP contribution in [-0.2, 0) is 17.9 Å². The monoisotopic (exact) mass is 507 g/mol. The number of benzene rings is 3. The fraction of sp³-hybridized carbons (Fsp3) is 0.111. The molecule has 1 N–H and O–H groups in total. The van der Waals surface area contributed by atoms with E-state index in [1.54, 1.807) is 24.1 Å². The third kappa shape index (κ3) is 6.88. The van der Waals surface area contributed by atoms with E-state index >= 15 is 0 Å². The number of carbonyl (C=O) groups is 1. The number of methoxy groups -OCH3 is 1. The molecule has 0 aliphatic carbocycles. The van der Waals surface area contributed by atoms with E-state index in [0.717, 1.165) is 22.4 Å². The highest BCUT2D eigenvalue weighted by molar-refractivity contribution is 6.33. The molecule has 4 aromatic rings. The number of anilines is 1. The van der Waals surface area contributed by atoms with Crippen molar-refractivity contribution in [2.75, 3.05) is 12.4 Å². The van der Waals surface area contributed by atoms with Crippen molar-refractivity contribution in [2.24, 2.45) is 0 Å². The van der Waals surface area contributed by atoms with Gasteiger partial charge in [0.05, 0.1) is 13.7 Å². The molecule has 0 bridgehead atoms. The van der Waals surface area contributed by atoms with E-state index in [1.807, 2.05) is 72.8 Å². The van der Waals surface area contributed by atoms with Gasteiger partial charge in [-0.05, 0) is 53.6 Å². The standard InChI is InChI=1S/C27H23Cl2N3O3/c1-34-25-13-9-19(15-21(25)18-35-23-5-3-2-4-6-23)10-14-26(33)30-27-24(29)17-32(31-27)16-20-7-11-22(28)12-8-20/h2-15,17H,16,18H2,1H3,(H,30,31,33)/b14-10+. The second kappa shape index (κ2) is 11.6. The Balaban J connectivity index is 1.39. The Morgan fingerprint density at radius 1 is 1.06 bits per heavy atom. The van der Waals surface area contributed by atoms with Crippen LogP contribution in [0.5, 0.6) is 11.5 Å². The largest absolute Gasteiger partial charge is 0.496 e. The summed E-state index contributed by atoms with van der Waals surface area (Å²) in [4.78, 5) is 12.5. The zero-order valence-corrected chi connectivity index (χ0v) is 20.5. The minimum absolute atomic E-state index is 0.293. The van der Waals surface area contributed by atoms with Crippen molar-refractivity contribution in [3.05, 3.63) is 112 Å². The third-order valence-corrected chi connectivity index (χ3v) is 5.61. The van der Waals surface area contributed by atoms with Gasteiger partial charge in [-0.25, -0.2) is 0 Å². The van der Waals surface area contributed by atoms with Crippen molar-refractivity contribution in [1.29, 1.82) is 0 Å². The van der Waals surface area contributed by atoms with Crippen LogP contribution in [0.15, 0.2) is 85.1 Å². The van der Waals surface area contributed by atoms with Crippen molar-refractivity contribution in [3.8, 4) is 11.5 Å². The van der Waals surface area contributed by atoms with E-state index < -0.39 is 0 Å². The average Bonchev–Trinajstić information content (AvgIpc) is 3.21. The minimum Gasteiger partial charge on any atom is -0.496 e. The van der Waals surface area contributed by atoms with Gasteiger partial charge in [0.25, 0.3) is 0 Å². The Hall–Kier alpha value is -3.74. The zero-order valence-electron chi connectivity index (χ0n) is 18.9. The van der Waals surface area contributed by atoms with Gasteiger partial charge in [-0.2, -0.15) is 5.10 Å². The predicted molar refractivity (Wildman–Crippen MR) is 139 cm³/mol. The number of hydrogen-bond acceptors (Lipinski definition) is 4. The number of nitrogens with one attached hydrogen (secondary N) is 1. The number of rotatable bonds is 9. The Morgan fingerprint density at radius 2 is 1.83 bits per heavy atom. The maximum absolute atomic E-state index is 12.5. The van der Waals surface area contributed by atoms with Gasteiger partial charge in [0.15, 0.2) is 5.82 Å². The minimum atomic E-state index is -0.346. The smallest absolute Gasteiger partial charge is 0.249 e. The summed E-state index contributed by atoms with van der Waals surface area (Å²) in [7, 11) is 1.61. The molecule has 0 fully saturated rings. The molecule has 0 aliphatic rings. The van der Waals surface area contributed by atoms with Gasteiger partial charge in [0, 0.05) is 22.9 Å². The lowest BCUT2D eigenvalue weighted by molar-refractivity contribution is -0.111. The lowest BCUT2D eigenvalue weighted by atomic mass is 10.1. The zero-order chi connectivity index (χ0) is 24.6. The number of para-hydroxylation sites is 1. The van der Waals surface area contributed by atoms with Crippen LogP contribution in [0.3, 0.4) is 0 Å². The predicted octanol–water partition coefficient (Wildman–Crippen LogP) is 6.48. The van der Waals surface area contributed by atoms with E-state index in [9.17, 15) is 4.79 Å². The molecular weight excluding hydrogens is 485 g/mol. The Bertz CT molecular complexity index is 1320. The maximum atomic E-state index is 12.5. The number of ether oxygens (including phenoxy) is 2. The quantitative estimate of drug-likeness (QED) is 0.263. The molecule has 1 heterocycles. The van der Waals surface area contributed by atoms with Gasteiger partial charge in [-0.1, -0.05) is 59.6 Å². The van der Waals surface area contributed by atoms with Gasteiger partial charge >= 0.3 is 0 Å². The highest BCUT2D eigenvalue weighted by Crippen LogP contribution is 2.24. The Morgan fingerprint density at radius 3 is 2.57 bits per heavy atom. The van der Waals surface area contributed by atoms with E-state index in [1.165, 1.54) is 6.08 Å². The van der Waals surface area contributed by atoms with Crippen molar-refractivity contribution in [3.63, 3.8) is 0 Å². The molecule has 0 unspecified atom stereocenters. The summed E-state index contributed by atoms with van der Waals surface area (Å²) < 4.78 is 12.9. The fourth-order valence-corrected chi connectivity index (χ4v) is 3.69. The SMILES string of the molecule is COc1ccc(/C=C/C(=O)Nc2nn(Cc3ccc(Cl)cc3)cc2Cl)cc1COc1ccccc1. The molecule has 3 aromatic carbocycles. The molecule has 35 heavy (non-hydrogen) atoms. The van der Waals surface area contributed by atoms with Crippen molar-refractivity contribution < 1.29 is 14.3 Å². The second-order valence-corrected chi connectivity index (χ2v) is 8.49. The number of amides is 1. The number of carbonyl (C=O) groups excluding carboxylic acids is 1. The molecular formula is C27H23Cl2N3O3. The summed E-state index contributed by atoms with van der Waals surface area (Å²) in [6.45, 7) is 0.837. The molecule has 1 amide bonds. The first-order valence-electron chi connectivity index (χ1n) is 10.8. The summed E-state index contributed by atoms with van der Waals surface area (Å²) >= 11 is 12.2. The average molecular weight is 508 g/mol. The van der Waals surface area contributed by atoms with Crippen molar-refractivity contribution in [1.82, 2.24) is 9.78 Å². The first-order chi connectivity index (χ1) is 17.0. The maximum Gasteiger partial charge on any atom is 0.249 e. The molecule has 1 aromatic heterocycles. The van der Waals surface area contributed by atoms with Crippen LogP contribution in [0, 0.1) is 0 Å². The first kappa shape index (κ1) is 24.4. The normalized spacial score (nSPS) is 10.9. The van der Waals surface area contributed by atoms with E-state index in [-0.39, 0.29) is 5.91 Å². The van der Waals surface area contributed by atoms with Crippen molar-refractivity contribution >= 4 is 41.0 Å². The lowest BCUT2D eigenvalue weighted by Gasteiger charge is -2.11. The number of nitrogens with zero attached hydrogens (tertiary/aromatic N) is 2. The fourth-order valence-electron chi connectivity index (χ4n) is 3.36. The van der Waals surface area contributed by atoms with Crippen LogP contribution in [0.1, 0.15) is 16.7 Å². The summed E-state index contributed by atoms with van der Waals surface area (Å²) in [6, 6.07) is 22.6. The molecule has 178 valence electrons. The topological polar surface area (TPSA) is 65.4 Å².